The third-order valence-electron chi connectivity index (χ3n) is 3.79. The Balaban J connectivity index is 1.86. The first-order valence-corrected chi connectivity index (χ1v) is 7.22. The van der Waals surface area contributed by atoms with Crippen LogP contribution in [-0.4, -0.2) is 18.2 Å². The average Bonchev–Trinajstić information content (AvgIpc) is 2.70. The molecule has 0 aromatic heterocycles. The van der Waals surface area contributed by atoms with Gasteiger partial charge in [0.25, 0.3) is 5.91 Å². The lowest BCUT2D eigenvalue weighted by molar-refractivity contribution is 0.0956. The van der Waals surface area contributed by atoms with E-state index in [-0.39, 0.29) is 11.7 Å². The fourth-order valence-corrected chi connectivity index (χ4v) is 2.64. The fourth-order valence-electron chi connectivity index (χ4n) is 2.64. The molecule has 3 rings (SSSR count). The Labute approximate surface area is 124 Å². The van der Waals surface area contributed by atoms with Crippen molar-refractivity contribution < 1.29 is 9.59 Å². The first kappa shape index (κ1) is 13.6. The van der Waals surface area contributed by atoms with Crippen molar-refractivity contribution in [2.75, 3.05) is 6.54 Å². The summed E-state index contributed by atoms with van der Waals surface area (Å²) in [4.78, 5) is 24.4. The number of nitrogens with one attached hydrogen (secondary N) is 1. The van der Waals surface area contributed by atoms with Crippen molar-refractivity contribution >= 4 is 11.7 Å². The van der Waals surface area contributed by atoms with Crippen LogP contribution in [0.2, 0.25) is 0 Å². The lowest BCUT2D eigenvalue weighted by Crippen LogP contribution is -2.23. The average molecular weight is 279 g/mol. The van der Waals surface area contributed by atoms with E-state index in [0.717, 1.165) is 24.0 Å². The molecular weight excluding hydrogens is 262 g/mol. The van der Waals surface area contributed by atoms with Gasteiger partial charge in [0.05, 0.1) is 0 Å². The number of rotatable bonds is 3. The van der Waals surface area contributed by atoms with Crippen molar-refractivity contribution in [1.29, 1.82) is 0 Å². The Morgan fingerprint density at radius 2 is 1.90 bits per heavy atom. The van der Waals surface area contributed by atoms with Gasteiger partial charge in [0.15, 0.2) is 5.78 Å². The zero-order chi connectivity index (χ0) is 14.7. The van der Waals surface area contributed by atoms with E-state index in [1.807, 2.05) is 42.5 Å². The van der Waals surface area contributed by atoms with Gasteiger partial charge in [-0.2, -0.15) is 0 Å². The molecule has 21 heavy (non-hydrogen) atoms. The second-order valence-electron chi connectivity index (χ2n) is 5.32. The van der Waals surface area contributed by atoms with Gasteiger partial charge >= 0.3 is 0 Å². The number of aryl methyl sites for hydroxylation is 1. The van der Waals surface area contributed by atoms with E-state index < -0.39 is 0 Å². The summed E-state index contributed by atoms with van der Waals surface area (Å²) >= 11 is 0. The van der Waals surface area contributed by atoms with Gasteiger partial charge in [-0.3, -0.25) is 9.59 Å². The highest BCUT2D eigenvalue weighted by Crippen LogP contribution is 2.18. The molecule has 3 nitrogen and oxygen atoms in total. The molecule has 1 aliphatic rings. The van der Waals surface area contributed by atoms with Crippen molar-refractivity contribution in [3.8, 4) is 0 Å². The lowest BCUT2D eigenvalue weighted by Gasteiger charge is -2.07. The number of fused-ring (bicyclic) bond motifs is 1. The third kappa shape index (κ3) is 3.02. The first-order chi connectivity index (χ1) is 10.2. The highest BCUT2D eigenvalue weighted by molar-refractivity contribution is 6.02. The molecule has 1 N–H and O–H groups in total. The molecule has 0 atom stereocenters. The minimum absolute atomic E-state index is 0.0426. The van der Waals surface area contributed by atoms with Gasteiger partial charge in [-0.05, 0) is 30.0 Å². The van der Waals surface area contributed by atoms with Crippen molar-refractivity contribution in [2.45, 2.75) is 19.3 Å². The van der Waals surface area contributed by atoms with Crippen LogP contribution in [0.1, 0.15) is 38.3 Å². The standard InChI is InChI=1S/C18H17NO2/c20-17(11-13-5-2-1-3-6-13)15-9-8-14-7-4-10-19-18(21)16(14)12-15/h1-3,5-6,8-9,12H,4,7,10-11H2,(H,19,21). The molecule has 3 heteroatoms. The Bertz CT molecular complexity index is 677. The predicted molar refractivity (Wildman–Crippen MR) is 81.6 cm³/mol. The van der Waals surface area contributed by atoms with Crippen LogP contribution in [-0.2, 0) is 12.8 Å². The van der Waals surface area contributed by atoms with Gasteiger partial charge in [-0.1, -0.05) is 42.5 Å². The lowest BCUT2D eigenvalue weighted by atomic mass is 9.96. The SMILES string of the molecule is O=C(Cc1ccccc1)c1ccc2c(c1)C(=O)NCCC2. The maximum Gasteiger partial charge on any atom is 0.251 e. The molecule has 0 radical (unpaired) electrons. The number of ketones is 1. The molecule has 0 unspecified atom stereocenters. The topological polar surface area (TPSA) is 46.2 Å². The fraction of sp³-hybridized carbons (Fsp3) is 0.222. The van der Waals surface area contributed by atoms with E-state index in [9.17, 15) is 9.59 Å². The van der Waals surface area contributed by atoms with Crippen molar-refractivity contribution in [3.05, 3.63) is 70.8 Å². The quantitative estimate of drug-likeness (QED) is 0.878. The molecule has 1 aliphatic heterocycles. The Morgan fingerprint density at radius 3 is 2.71 bits per heavy atom. The molecule has 0 aliphatic carbocycles. The summed E-state index contributed by atoms with van der Waals surface area (Å²) in [5.41, 5.74) is 3.27. The van der Waals surface area contributed by atoms with E-state index in [1.165, 1.54) is 0 Å². The van der Waals surface area contributed by atoms with Gasteiger partial charge in [-0.15, -0.1) is 0 Å². The number of hydrogen-bond donors (Lipinski definition) is 1. The minimum atomic E-state index is -0.0724. The second kappa shape index (κ2) is 5.92. The van der Waals surface area contributed by atoms with Gasteiger partial charge in [0, 0.05) is 24.1 Å². The van der Waals surface area contributed by atoms with Crippen LogP contribution in [0.25, 0.3) is 0 Å². The van der Waals surface area contributed by atoms with E-state index in [4.69, 9.17) is 0 Å². The zero-order valence-electron chi connectivity index (χ0n) is 11.8. The number of benzene rings is 2. The van der Waals surface area contributed by atoms with Crippen LogP contribution in [0.3, 0.4) is 0 Å². The Kier molecular flexibility index (Phi) is 3.82. The molecule has 2 aromatic rings. The van der Waals surface area contributed by atoms with Crippen LogP contribution in [0.5, 0.6) is 0 Å². The Hall–Kier alpha value is -2.42. The van der Waals surface area contributed by atoms with Crippen molar-refractivity contribution in [2.24, 2.45) is 0 Å². The zero-order valence-corrected chi connectivity index (χ0v) is 11.8. The third-order valence-corrected chi connectivity index (χ3v) is 3.79. The maximum absolute atomic E-state index is 12.4. The van der Waals surface area contributed by atoms with Crippen LogP contribution in [0.4, 0.5) is 0 Å². The predicted octanol–water partition coefficient (Wildman–Crippen LogP) is 2.79. The second-order valence-corrected chi connectivity index (χ2v) is 5.32. The summed E-state index contributed by atoms with van der Waals surface area (Å²) in [6.07, 6.45) is 2.18. The van der Waals surface area contributed by atoms with E-state index in [1.54, 1.807) is 6.07 Å². The molecular formula is C18H17NO2. The molecule has 106 valence electrons. The van der Waals surface area contributed by atoms with E-state index in [0.29, 0.717) is 24.1 Å². The van der Waals surface area contributed by atoms with Gasteiger partial charge in [0.1, 0.15) is 0 Å². The summed E-state index contributed by atoms with van der Waals surface area (Å²) in [5.74, 6) is -0.0297. The summed E-state index contributed by atoms with van der Waals surface area (Å²) in [6.45, 7) is 0.695. The summed E-state index contributed by atoms with van der Waals surface area (Å²) in [5, 5.41) is 2.87. The minimum Gasteiger partial charge on any atom is -0.352 e. The number of carbonyl (C=O) groups excluding carboxylic acids is 2. The molecule has 0 bridgehead atoms. The normalized spacial score (nSPS) is 14.0. The molecule has 1 heterocycles. The highest BCUT2D eigenvalue weighted by Gasteiger charge is 2.17. The first-order valence-electron chi connectivity index (χ1n) is 7.22. The monoisotopic (exact) mass is 279 g/mol. The number of amides is 1. The molecule has 0 saturated heterocycles. The molecule has 2 aromatic carbocycles. The maximum atomic E-state index is 12.4. The van der Waals surface area contributed by atoms with Crippen LogP contribution < -0.4 is 5.32 Å². The number of hydrogen-bond acceptors (Lipinski definition) is 2. The number of carbonyl (C=O) groups is 2. The molecule has 0 spiro atoms. The molecule has 0 fully saturated rings. The smallest absolute Gasteiger partial charge is 0.251 e. The van der Waals surface area contributed by atoms with Crippen LogP contribution >= 0.6 is 0 Å². The Morgan fingerprint density at radius 1 is 1.10 bits per heavy atom. The van der Waals surface area contributed by atoms with E-state index in [2.05, 4.69) is 5.32 Å². The van der Waals surface area contributed by atoms with E-state index >= 15 is 0 Å². The van der Waals surface area contributed by atoms with Crippen LogP contribution in [0.15, 0.2) is 48.5 Å². The number of Topliss-reactive ketones (excluding diaryl/α,β-unsaturated/α-hetero) is 1. The van der Waals surface area contributed by atoms with Crippen molar-refractivity contribution in [3.63, 3.8) is 0 Å². The van der Waals surface area contributed by atoms with Gasteiger partial charge in [0.2, 0.25) is 0 Å². The summed E-state index contributed by atoms with van der Waals surface area (Å²) in [7, 11) is 0. The molecule has 1 amide bonds. The van der Waals surface area contributed by atoms with Gasteiger partial charge in [-0.25, -0.2) is 0 Å². The summed E-state index contributed by atoms with van der Waals surface area (Å²) < 4.78 is 0. The highest BCUT2D eigenvalue weighted by atomic mass is 16.1. The van der Waals surface area contributed by atoms with Crippen LogP contribution in [0, 0.1) is 0 Å². The molecule has 0 saturated carbocycles. The largest absolute Gasteiger partial charge is 0.352 e. The van der Waals surface area contributed by atoms with Crippen molar-refractivity contribution in [1.82, 2.24) is 5.32 Å². The summed E-state index contributed by atoms with van der Waals surface area (Å²) in [6, 6.07) is 15.1. The van der Waals surface area contributed by atoms with Gasteiger partial charge < -0.3 is 5.32 Å².